The lowest BCUT2D eigenvalue weighted by atomic mass is 9.87. The fraction of sp³-hybridized carbons (Fsp3) is 0.261. The molecule has 1 aromatic heterocycles. The van der Waals surface area contributed by atoms with E-state index < -0.39 is 11.9 Å². The van der Waals surface area contributed by atoms with Crippen molar-refractivity contribution in [3.63, 3.8) is 0 Å². The van der Waals surface area contributed by atoms with Gasteiger partial charge < -0.3 is 11.1 Å². The first kappa shape index (κ1) is 20.3. The highest BCUT2D eigenvalue weighted by atomic mass is 79.9. The number of allylic oxidation sites excluding steroid dienone is 1. The molecule has 0 spiro atoms. The number of nitrogens with two attached hydrogens (primary N) is 1. The van der Waals surface area contributed by atoms with Crippen LogP contribution in [0.2, 0.25) is 0 Å². The van der Waals surface area contributed by atoms with Crippen LogP contribution in [-0.2, 0) is 10.2 Å². The molecule has 1 amide bonds. The lowest BCUT2D eigenvalue weighted by Crippen LogP contribution is -2.31. The van der Waals surface area contributed by atoms with Crippen molar-refractivity contribution < 1.29 is 4.79 Å². The maximum absolute atomic E-state index is 12.3. The van der Waals surface area contributed by atoms with Crippen LogP contribution in [0.1, 0.15) is 44.9 Å². The molecule has 0 radical (unpaired) electrons. The van der Waals surface area contributed by atoms with Gasteiger partial charge in [-0.15, -0.1) is 5.10 Å². The molecule has 30 heavy (non-hydrogen) atoms. The Kier molecular flexibility index (Phi) is 5.02. The van der Waals surface area contributed by atoms with Crippen LogP contribution in [0.25, 0.3) is 11.4 Å². The van der Waals surface area contributed by atoms with Gasteiger partial charge >= 0.3 is 0 Å². The topological polar surface area (TPSA) is 85.8 Å². The molecule has 2 aromatic carbocycles. The molecule has 154 valence electrons. The lowest BCUT2D eigenvalue weighted by Gasteiger charge is -2.27. The van der Waals surface area contributed by atoms with Gasteiger partial charge in [-0.25, -0.2) is 4.68 Å². The summed E-state index contributed by atoms with van der Waals surface area (Å²) in [5.74, 6) is 0.698. The Morgan fingerprint density at radius 1 is 1.10 bits per heavy atom. The standard InChI is InChI=1S/C23H24BrN5O/c1-13-18(20(25)30)19(14-7-11-17(24)12-8-14)29-22(26-13)27-21(28-29)15-5-9-16(10-6-15)23(2,3)4/h5-12,19H,1-4H3,(H2,25,30)(H,26,27,28). The van der Waals surface area contributed by atoms with Gasteiger partial charge in [0.05, 0.1) is 5.57 Å². The van der Waals surface area contributed by atoms with E-state index >= 15 is 0 Å². The third-order valence-corrected chi connectivity index (χ3v) is 5.84. The molecule has 3 N–H and O–H groups in total. The average molecular weight is 466 g/mol. The van der Waals surface area contributed by atoms with E-state index in [1.54, 1.807) is 4.68 Å². The zero-order valence-electron chi connectivity index (χ0n) is 17.4. The fourth-order valence-electron chi connectivity index (χ4n) is 3.67. The zero-order chi connectivity index (χ0) is 21.6. The number of aromatic nitrogens is 3. The molecule has 2 heterocycles. The van der Waals surface area contributed by atoms with Gasteiger partial charge in [0.15, 0.2) is 5.82 Å². The number of hydrogen-bond donors (Lipinski definition) is 2. The number of amides is 1. The van der Waals surface area contributed by atoms with E-state index in [4.69, 9.17) is 15.8 Å². The molecule has 1 aliphatic heterocycles. The molecular weight excluding hydrogens is 442 g/mol. The van der Waals surface area contributed by atoms with Crippen molar-refractivity contribution in [1.82, 2.24) is 14.8 Å². The van der Waals surface area contributed by atoms with Crippen molar-refractivity contribution in [1.29, 1.82) is 0 Å². The minimum Gasteiger partial charge on any atom is -0.366 e. The smallest absolute Gasteiger partial charge is 0.248 e. The van der Waals surface area contributed by atoms with E-state index in [1.807, 2.05) is 43.3 Å². The first-order valence-corrected chi connectivity index (χ1v) is 10.5. The van der Waals surface area contributed by atoms with Gasteiger partial charge in [-0.2, -0.15) is 4.98 Å². The Hall–Kier alpha value is -2.93. The summed E-state index contributed by atoms with van der Waals surface area (Å²) in [6.07, 6.45) is 0. The third-order valence-electron chi connectivity index (χ3n) is 5.31. The molecule has 0 aliphatic carbocycles. The summed E-state index contributed by atoms with van der Waals surface area (Å²) in [5.41, 5.74) is 10.0. The molecule has 0 saturated carbocycles. The highest BCUT2D eigenvalue weighted by Gasteiger charge is 2.33. The first-order valence-electron chi connectivity index (χ1n) is 9.75. The Morgan fingerprint density at radius 3 is 2.30 bits per heavy atom. The second-order valence-electron chi connectivity index (χ2n) is 8.51. The molecule has 6 nitrogen and oxygen atoms in total. The normalized spacial score (nSPS) is 16.2. The van der Waals surface area contributed by atoms with Crippen molar-refractivity contribution >= 4 is 27.8 Å². The number of anilines is 1. The van der Waals surface area contributed by atoms with Crippen LogP contribution in [0, 0.1) is 0 Å². The van der Waals surface area contributed by atoms with Gasteiger partial charge in [0.25, 0.3) is 0 Å². The van der Waals surface area contributed by atoms with E-state index in [0.717, 1.165) is 15.6 Å². The van der Waals surface area contributed by atoms with Crippen LogP contribution in [0.15, 0.2) is 64.3 Å². The molecule has 4 rings (SSSR count). The highest BCUT2D eigenvalue weighted by Crippen LogP contribution is 2.36. The van der Waals surface area contributed by atoms with E-state index in [2.05, 4.69) is 54.2 Å². The molecule has 1 unspecified atom stereocenters. The number of halogens is 1. The average Bonchev–Trinajstić information content (AvgIpc) is 3.10. The quantitative estimate of drug-likeness (QED) is 0.582. The van der Waals surface area contributed by atoms with Crippen LogP contribution in [-0.4, -0.2) is 20.7 Å². The number of hydrogen-bond acceptors (Lipinski definition) is 4. The van der Waals surface area contributed by atoms with Gasteiger partial charge in [0.1, 0.15) is 6.04 Å². The molecular formula is C23H24BrN5O. The number of nitrogens with one attached hydrogen (secondary N) is 1. The van der Waals surface area contributed by atoms with Crippen LogP contribution < -0.4 is 11.1 Å². The van der Waals surface area contributed by atoms with Crippen molar-refractivity contribution in [3.8, 4) is 11.4 Å². The van der Waals surface area contributed by atoms with Gasteiger partial charge in [-0.3, -0.25) is 4.79 Å². The molecule has 1 atom stereocenters. The van der Waals surface area contributed by atoms with Gasteiger partial charge in [0, 0.05) is 15.7 Å². The largest absolute Gasteiger partial charge is 0.366 e. The SMILES string of the molecule is CC1=C(C(N)=O)C(c2ccc(Br)cc2)n2nc(-c3ccc(C(C)(C)C)cc3)nc2N1. The second kappa shape index (κ2) is 7.40. The number of primary amides is 1. The van der Waals surface area contributed by atoms with E-state index in [9.17, 15) is 4.79 Å². The van der Waals surface area contributed by atoms with E-state index in [0.29, 0.717) is 23.0 Å². The third kappa shape index (κ3) is 3.65. The Labute approximate surface area is 184 Å². The van der Waals surface area contributed by atoms with Crippen molar-refractivity contribution in [2.45, 2.75) is 39.2 Å². The number of benzene rings is 2. The summed E-state index contributed by atoms with van der Waals surface area (Å²) >= 11 is 3.46. The van der Waals surface area contributed by atoms with Crippen molar-refractivity contribution in [3.05, 3.63) is 75.4 Å². The summed E-state index contributed by atoms with van der Waals surface area (Å²) < 4.78 is 2.70. The first-order chi connectivity index (χ1) is 14.1. The fourth-order valence-corrected chi connectivity index (χ4v) is 3.93. The summed E-state index contributed by atoms with van der Waals surface area (Å²) in [5, 5.41) is 7.94. The number of rotatable bonds is 3. The van der Waals surface area contributed by atoms with Crippen molar-refractivity contribution in [2.75, 3.05) is 5.32 Å². The van der Waals surface area contributed by atoms with Crippen LogP contribution in [0.5, 0.6) is 0 Å². The monoisotopic (exact) mass is 465 g/mol. The summed E-state index contributed by atoms with van der Waals surface area (Å²) in [4.78, 5) is 17.0. The molecule has 3 aromatic rings. The molecule has 7 heteroatoms. The minimum atomic E-state index is -0.481. The predicted molar refractivity (Wildman–Crippen MR) is 122 cm³/mol. The predicted octanol–water partition coefficient (Wildman–Crippen LogP) is 4.78. The number of carbonyl (C=O) groups excluding carboxylic acids is 1. The summed E-state index contributed by atoms with van der Waals surface area (Å²) in [6.45, 7) is 8.38. The maximum Gasteiger partial charge on any atom is 0.248 e. The van der Waals surface area contributed by atoms with Gasteiger partial charge in [0.2, 0.25) is 11.9 Å². The molecule has 0 saturated heterocycles. The van der Waals surface area contributed by atoms with Gasteiger partial charge in [-0.05, 0) is 35.6 Å². The number of fused-ring (bicyclic) bond motifs is 1. The minimum absolute atomic E-state index is 0.0745. The maximum atomic E-state index is 12.3. The Morgan fingerprint density at radius 2 is 1.73 bits per heavy atom. The summed E-state index contributed by atoms with van der Waals surface area (Å²) in [6, 6.07) is 15.6. The lowest BCUT2D eigenvalue weighted by molar-refractivity contribution is -0.115. The summed E-state index contributed by atoms with van der Waals surface area (Å²) in [7, 11) is 0. The van der Waals surface area contributed by atoms with Crippen LogP contribution in [0.3, 0.4) is 0 Å². The van der Waals surface area contributed by atoms with Gasteiger partial charge in [-0.1, -0.05) is 73.1 Å². The van der Waals surface area contributed by atoms with Crippen LogP contribution >= 0.6 is 15.9 Å². The second-order valence-corrected chi connectivity index (χ2v) is 9.43. The molecule has 1 aliphatic rings. The van der Waals surface area contributed by atoms with E-state index in [1.165, 1.54) is 5.56 Å². The molecule has 0 fully saturated rings. The number of nitrogens with zero attached hydrogens (tertiary/aromatic N) is 3. The van der Waals surface area contributed by atoms with Crippen molar-refractivity contribution in [2.24, 2.45) is 5.73 Å². The Bertz CT molecular complexity index is 1140. The number of carbonyl (C=O) groups is 1. The van der Waals surface area contributed by atoms with E-state index in [-0.39, 0.29) is 5.41 Å². The van der Waals surface area contributed by atoms with Crippen LogP contribution in [0.4, 0.5) is 5.95 Å². The highest BCUT2D eigenvalue weighted by molar-refractivity contribution is 9.10. The zero-order valence-corrected chi connectivity index (χ0v) is 19.0. The molecule has 0 bridgehead atoms. The Balaban J connectivity index is 1.80.